The highest BCUT2D eigenvalue weighted by molar-refractivity contribution is 9.10. The highest BCUT2D eigenvalue weighted by atomic mass is 79.9. The first-order valence-corrected chi connectivity index (χ1v) is 6.35. The third-order valence-corrected chi connectivity index (χ3v) is 2.96. The van der Waals surface area contributed by atoms with Crippen molar-refractivity contribution in [3.63, 3.8) is 0 Å². The largest absolute Gasteiger partial charge is 0.455 e. The van der Waals surface area contributed by atoms with E-state index >= 15 is 0 Å². The van der Waals surface area contributed by atoms with Crippen molar-refractivity contribution in [3.8, 4) is 11.5 Å². The molecule has 19 heavy (non-hydrogen) atoms. The van der Waals surface area contributed by atoms with Crippen molar-refractivity contribution in [1.82, 2.24) is 9.97 Å². The van der Waals surface area contributed by atoms with Gasteiger partial charge in [-0.05, 0) is 34.1 Å². The minimum Gasteiger partial charge on any atom is -0.455 e. The van der Waals surface area contributed by atoms with Gasteiger partial charge in [0.05, 0.1) is 5.52 Å². The van der Waals surface area contributed by atoms with Crippen molar-refractivity contribution in [2.45, 2.75) is 0 Å². The Morgan fingerprint density at radius 1 is 1.11 bits per heavy atom. The second-order valence-corrected chi connectivity index (χ2v) is 4.81. The Balaban J connectivity index is 2.06. The van der Waals surface area contributed by atoms with Crippen LogP contribution in [0.25, 0.3) is 11.0 Å². The number of rotatable bonds is 2. The first-order valence-electron chi connectivity index (χ1n) is 5.56. The summed E-state index contributed by atoms with van der Waals surface area (Å²) in [5.41, 5.74) is 1.35. The molecule has 0 amide bonds. The Bertz CT molecular complexity index is 748. The Labute approximate surface area is 117 Å². The minimum atomic E-state index is -0.341. The van der Waals surface area contributed by atoms with E-state index in [-0.39, 0.29) is 5.82 Å². The third kappa shape index (κ3) is 2.56. The molecule has 0 aliphatic carbocycles. The molecular weight excluding hydrogens is 311 g/mol. The molecule has 94 valence electrons. The number of nitrogens with zero attached hydrogens (tertiary/aromatic N) is 2. The number of ether oxygens (including phenoxy) is 1. The molecule has 0 radical (unpaired) electrons. The number of aromatic nitrogens is 2. The molecule has 5 heteroatoms. The molecule has 1 aromatic carbocycles. The van der Waals surface area contributed by atoms with Gasteiger partial charge in [-0.3, -0.25) is 4.98 Å². The van der Waals surface area contributed by atoms with Gasteiger partial charge >= 0.3 is 0 Å². The summed E-state index contributed by atoms with van der Waals surface area (Å²) in [7, 11) is 0. The molecule has 0 N–H and O–H groups in total. The zero-order valence-electron chi connectivity index (χ0n) is 9.68. The summed E-state index contributed by atoms with van der Waals surface area (Å²) in [6.45, 7) is 0. The van der Waals surface area contributed by atoms with Crippen LogP contribution < -0.4 is 4.74 Å². The van der Waals surface area contributed by atoms with Crippen molar-refractivity contribution in [2.24, 2.45) is 0 Å². The van der Waals surface area contributed by atoms with Gasteiger partial charge in [0.1, 0.15) is 17.1 Å². The van der Waals surface area contributed by atoms with Gasteiger partial charge < -0.3 is 4.74 Å². The average molecular weight is 319 g/mol. The van der Waals surface area contributed by atoms with Gasteiger partial charge in [-0.1, -0.05) is 6.07 Å². The first-order chi connectivity index (χ1) is 9.22. The predicted octanol–water partition coefficient (Wildman–Crippen LogP) is 4.32. The quantitative estimate of drug-likeness (QED) is 0.705. The summed E-state index contributed by atoms with van der Waals surface area (Å²) in [6.07, 6.45) is 3.30. The summed E-state index contributed by atoms with van der Waals surface area (Å²) < 4.78 is 19.6. The Kier molecular flexibility index (Phi) is 3.13. The smallest absolute Gasteiger partial charge is 0.156 e. The number of hydrogen-bond acceptors (Lipinski definition) is 3. The van der Waals surface area contributed by atoms with E-state index in [4.69, 9.17) is 4.74 Å². The van der Waals surface area contributed by atoms with E-state index in [1.165, 1.54) is 12.1 Å². The second-order valence-electron chi connectivity index (χ2n) is 3.89. The van der Waals surface area contributed by atoms with Crippen LogP contribution in [0.4, 0.5) is 4.39 Å². The molecule has 0 atom stereocenters. The SMILES string of the molecule is Fc1cccc(Oc2ccnc3cc(Br)cnc23)c1. The maximum Gasteiger partial charge on any atom is 0.156 e. The van der Waals surface area contributed by atoms with Crippen LogP contribution in [0.2, 0.25) is 0 Å². The van der Waals surface area contributed by atoms with Crippen LogP contribution >= 0.6 is 15.9 Å². The van der Waals surface area contributed by atoms with E-state index in [1.807, 2.05) is 6.07 Å². The van der Waals surface area contributed by atoms with Crippen LogP contribution in [0.1, 0.15) is 0 Å². The van der Waals surface area contributed by atoms with E-state index in [2.05, 4.69) is 25.9 Å². The van der Waals surface area contributed by atoms with Gasteiger partial charge in [0.15, 0.2) is 5.75 Å². The maximum atomic E-state index is 13.1. The fourth-order valence-electron chi connectivity index (χ4n) is 1.72. The molecule has 0 bridgehead atoms. The summed E-state index contributed by atoms with van der Waals surface area (Å²) in [5.74, 6) is 0.631. The van der Waals surface area contributed by atoms with E-state index in [1.54, 1.807) is 30.6 Å². The lowest BCUT2D eigenvalue weighted by Crippen LogP contribution is -1.90. The molecule has 2 aromatic heterocycles. The number of hydrogen-bond donors (Lipinski definition) is 0. The highest BCUT2D eigenvalue weighted by Gasteiger charge is 2.06. The predicted molar refractivity (Wildman–Crippen MR) is 73.7 cm³/mol. The summed E-state index contributed by atoms with van der Waals surface area (Å²) in [5, 5.41) is 0. The zero-order valence-corrected chi connectivity index (χ0v) is 11.3. The first kappa shape index (κ1) is 12.0. The average Bonchev–Trinajstić information content (AvgIpc) is 2.38. The molecule has 0 saturated heterocycles. The van der Waals surface area contributed by atoms with Crippen molar-refractivity contribution >= 4 is 27.0 Å². The minimum absolute atomic E-state index is 0.341. The van der Waals surface area contributed by atoms with Crippen molar-refractivity contribution in [1.29, 1.82) is 0 Å². The van der Waals surface area contributed by atoms with Gasteiger partial charge in [0.25, 0.3) is 0 Å². The second kappa shape index (κ2) is 4.93. The molecule has 0 aliphatic rings. The summed E-state index contributed by atoms with van der Waals surface area (Å²) in [6, 6.07) is 9.53. The van der Waals surface area contributed by atoms with Gasteiger partial charge in [0, 0.05) is 29.0 Å². The standard InChI is InChI=1S/C14H8BrFN2O/c15-9-6-12-14(18-8-9)13(4-5-17-12)19-11-3-1-2-10(16)7-11/h1-8H. The van der Waals surface area contributed by atoms with Crippen molar-refractivity contribution in [3.05, 3.63) is 59.1 Å². The van der Waals surface area contributed by atoms with Crippen molar-refractivity contribution in [2.75, 3.05) is 0 Å². The lowest BCUT2D eigenvalue weighted by molar-refractivity contribution is 0.480. The Morgan fingerprint density at radius 2 is 2.00 bits per heavy atom. The van der Waals surface area contributed by atoms with Gasteiger partial charge in [-0.25, -0.2) is 9.37 Å². The molecular formula is C14H8BrFN2O. The fraction of sp³-hybridized carbons (Fsp3) is 0. The van der Waals surface area contributed by atoms with Crippen molar-refractivity contribution < 1.29 is 9.13 Å². The molecule has 3 nitrogen and oxygen atoms in total. The summed E-state index contributed by atoms with van der Waals surface area (Å²) in [4.78, 5) is 8.49. The molecule has 0 saturated carbocycles. The summed E-state index contributed by atoms with van der Waals surface area (Å²) >= 11 is 3.34. The highest BCUT2D eigenvalue weighted by Crippen LogP contribution is 2.28. The van der Waals surface area contributed by atoms with Gasteiger partial charge in [-0.2, -0.15) is 0 Å². The lowest BCUT2D eigenvalue weighted by atomic mass is 10.3. The molecule has 2 heterocycles. The van der Waals surface area contributed by atoms with Gasteiger partial charge in [0.2, 0.25) is 0 Å². The zero-order chi connectivity index (χ0) is 13.2. The maximum absolute atomic E-state index is 13.1. The Morgan fingerprint density at radius 3 is 2.84 bits per heavy atom. The number of fused-ring (bicyclic) bond motifs is 1. The van der Waals surface area contributed by atoms with Gasteiger partial charge in [-0.15, -0.1) is 0 Å². The van der Waals surface area contributed by atoms with Crippen LogP contribution in [0.3, 0.4) is 0 Å². The molecule has 0 aliphatic heterocycles. The van der Waals surface area contributed by atoms with Crippen LogP contribution in [0, 0.1) is 5.82 Å². The molecule has 3 aromatic rings. The number of benzene rings is 1. The Hall–Kier alpha value is -2.01. The molecule has 0 unspecified atom stereocenters. The topological polar surface area (TPSA) is 35.0 Å². The molecule has 0 fully saturated rings. The normalized spacial score (nSPS) is 10.6. The van der Waals surface area contributed by atoms with Crippen LogP contribution in [0.5, 0.6) is 11.5 Å². The van der Waals surface area contributed by atoms with E-state index in [0.717, 1.165) is 4.47 Å². The molecule has 3 rings (SSSR count). The number of pyridine rings is 2. The molecule has 0 spiro atoms. The lowest BCUT2D eigenvalue weighted by Gasteiger charge is -2.07. The monoisotopic (exact) mass is 318 g/mol. The van der Waals surface area contributed by atoms with Crippen LogP contribution in [0.15, 0.2) is 53.3 Å². The van der Waals surface area contributed by atoms with E-state index < -0.39 is 0 Å². The van der Waals surface area contributed by atoms with Crippen LogP contribution in [-0.2, 0) is 0 Å². The fourth-order valence-corrected chi connectivity index (χ4v) is 2.04. The van der Waals surface area contributed by atoms with E-state index in [9.17, 15) is 4.39 Å². The van der Waals surface area contributed by atoms with Crippen LogP contribution in [-0.4, -0.2) is 9.97 Å². The number of halogens is 2. The van der Waals surface area contributed by atoms with E-state index in [0.29, 0.717) is 22.5 Å². The third-order valence-electron chi connectivity index (χ3n) is 2.53.